The van der Waals surface area contributed by atoms with Crippen LogP contribution in [0.2, 0.25) is 0 Å². The minimum Gasteiger partial charge on any atom is -0.344 e. The fourth-order valence-electron chi connectivity index (χ4n) is 6.15. The highest BCUT2D eigenvalue weighted by Gasteiger charge is 2.30. The van der Waals surface area contributed by atoms with E-state index in [2.05, 4.69) is 15.7 Å². The Morgan fingerprint density at radius 2 is 1.53 bits per heavy atom. The van der Waals surface area contributed by atoms with Gasteiger partial charge in [-0.1, -0.05) is 92.7 Å². The van der Waals surface area contributed by atoms with Crippen LogP contribution in [-0.2, 0) is 22.6 Å². The number of nitrogens with one attached hydrogen (secondary N) is 2. The second kappa shape index (κ2) is 15.1. The Balaban J connectivity index is 1.34. The minimum absolute atomic E-state index is 0.0263. The molecule has 0 radical (unpaired) electrons. The number of aryl methyl sites for hydroxylation is 1. The van der Waals surface area contributed by atoms with Crippen LogP contribution in [0, 0.1) is 12.8 Å². The number of nitrogens with zero attached hydrogens (tertiary/aromatic N) is 6. The van der Waals surface area contributed by atoms with Crippen molar-refractivity contribution in [3.63, 3.8) is 0 Å². The molecular formula is C38H42N8O3. The number of amides is 3. The monoisotopic (exact) mass is 658 g/mol. The molecule has 2 atom stereocenters. The van der Waals surface area contributed by atoms with Crippen molar-refractivity contribution in [1.82, 2.24) is 40.1 Å². The van der Waals surface area contributed by atoms with Crippen LogP contribution < -0.4 is 10.6 Å². The van der Waals surface area contributed by atoms with Crippen LogP contribution >= 0.6 is 0 Å². The Morgan fingerprint density at radius 1 is 0.857 bits per heavy atom. The van der Waals surface area contributed by atoms with E-state index >= 15 is 0 Å². The maximum absolute atomic E-state index is 14.5. The number of hydrogen-bond donors (Lipinski definition) is 2. The van der Waals surface area contributed by atoms with Crippen LogP contribution in [0.4, 0.5) is 0 Å². The van der Waals surface area contributed by atoms with Gasteiger partial charge in [0.1, 0.15) is 23.4 Å². The first-order valence-corrected chi connectivity index (χ1v) is 16.8. The normalized spacial score (nSPS) is 17.6. The molecule has 0 bridgehead atoms. The molecule has 49 heavy (non-hydrogen) atoms. The van der Waals surface area contributed by atoms with E-state index in [0.717, 1.165) is 16.8 Å². The number of fused-ring (bicyclic) bond motifs is 1. The molecule has 0 fully saturated rings. The second-order valence-corrected chi connectivity index (χ2v) is 12.7. The molecule has 2 N–H and O–H groups in total. The second-order valence-electron chi connectivity index (χ2n) is 12.7. The number of aromatic nitrogens is 5. The Hall–Kier alpha value is -5.58. The summed E-state index contributed by atoms with van der Waals surface area (Å²) in [6.07, 6.45) is 0.893. The van der Waals surface area contributed by atoms with Crippen molar-refractivity contribution in [2.45, 2.75) is 58.7 Å². The number of rotatable bonds is 6. The zero-order valence-corrected chi connectivity index (χ0v) is 28.1. The standard InChI is InChI=1S/C38H42N8O3/c1-26(2)35-36-39-27(3)42-45(36)23-22-44(21-13-20-34(47)40-32(37(48)41-35)24-28-14-7-4-8-15-28)38(49)33-25-31(29-16-9-5-10-17-29)43-46(33)30-18-11-6-12-19-30/h4-12,14-19,25-26,32,35H,13,20-24H2,1-3H3,(H,40,47)(H,41,48)/t32-,35+/m0/s1. The molecule has 1 aliphatic heterocycles. The van der Waals surface area contributed by atoms with Crippen molar-refractivity contribution in [3.05, 3.63) is 120 Å². The van der Waals surface area contributed by atoms with Gasteiger partial charge < -0.3 is 15.5 Å². The van der Waals surface area contributed by atoms with Crippen LogP contribution in [0.5, 0.6) is 0 Å². The zero-order chi connectivity index (χ0) is 34.3. The summed E-state index contributed by atoms with van der Waals surface area (Å²) in [6.45, 7) is 6.82. The van der Waals surface area contributed by atoms with Crippen molar-refractivity contribution < 1.29 is 14.4 Å². The molecule has 0 spiro atoms. The number of benzene rings is 3. The average molecular weight is 659 g/mol. The molecule has 1 aliphatic rings. The molecule has 6 rings (SSSR count). The summed E-state index contributed by atoms with van der Waals surface area (Å²) < 4.78 is 3.48. The van der Waals surface area contributed by atoms with Gasteiger partial charge in [-0.15, -0.1) is 0 Å². The van der Waals surface area contributed by atoms with Crippen LogP contribution in [0.3, 0.4) is 0 Å². The first-order chi connectivity index (χ1) is 23.8. The molecule has 3 heterocycles. The van der Waals surface area contributed by atoms with Gasteiger partial charge in [-0.25, -0.2) is 14.3 Å². The molecule has 0 saturated heterocycles. The number of para-hydroxylation sites is 1. The average Bonchev–Trinajstić information content (AvgIpc) is 3.72. The van der Waals surface area contributed by atoms with Crippen molar-refractivity contribution >= 4 is 17.7 Å². The van der Waals surface area contributed by atoms with Crippen LogP contribution in [0.15, 0.2) is 97.1 Å². The van der Waals surface area contributed by atoms with Crippen molar-refractivity contribution in [1.29, 1.82) is 0 Å². The Labute approximate surface area is 286 Å². The lowest BCUT2D eigenvalue weighted by Crippen LogP contribution is -2.50. The number of carbonyl (C=O) groups excluding carboxylic acids is 3. The maximum atomic E-state index is 14.5. The van der Waals surface area contributed by atoms with Gasteiger partial charge in [0.25, 0.3) is 5.91 Å². The topological polar surface area (TPSA) is 127 Å². The van der Waals surface area contributed by atoms with Crippen LogP contribution in [-0.4, -0.2) is 66.3 Å². The van der Waals surface area contributed by atoms with Crippen molar-refractivity contribution in [2.75, 3.05) is 13.1 Å². The Morgan fingerprint density at radius 3 is 2.22 bits per heavy atom. The largest absolute Gasteiger partial charge is 0.344 e. The van der Waals surface area contributed by atoms with Crippen molar-refractivity contribution in [3.8, 4) is 16.9 Å². The predicted octanol–water partition coefficient (Wildman–Crippen LogP) is 4.92. The SMILES string of the molecule is Cc1nc2n(n1)CCN(C(=O)c1cc(-c3ccccc3)nn1-c1ccccc1)CCCC(=O)N[C@@H](Cc1ccccc1)C(=O)N[C@@H]2C(C)C. The van der Waals surface area contributed by atoms with E-state index in [1.807, 2.05) is 118 Å². The third-order valence-corrected chi connectivity index (χ3v) is 8.68. The molecule has 0 aliphatic carbocycles. The number of hydrogen-bond acceptors (Lipinski definition) is 6. The van der Waals surface area contributed by atoms with Crippen LogP contribution in [0.1, 0.15) is 60.4 Å². The van der Waals surface area contributed by atoms with E-state index in [1.54, 1.807) is 14.3 Å². The summed E-state index contributed by atoms with van der Waals surface area (Å²) >= 11 is 0. The predicted molar refractivity (Wildman–Crippen MR) is 187 cm³/mol. The van der Waals surface area contributed by atoms with Crippen molar-refractivity contribution in [2.24, 2.45) is 5.92 Å². The smallest absolute Gasteiger partial charge is 0.272 e. The molecule has 2 aromatic heterocycles. The summed E-state index contributed by atoms with van der Waals surface area (Å²) in [6, 6.07) is 29.6. The third kappa shape index (κ3) is 7.94. The van der Waals surface area contributed by atoms with Gasteiger partial charge in [0.05, 0.1) is 24.0 Å². The highest BCUT2D eigenvalue weighted by molar-refractivity contribution is 5.94. The molecule has 11 nitrogen and oxygen atoms in total. The molecule has 5 aromatic rings. The lowest BCUT2D eigenvalue weighted by atomic mass is 10.0. The van der Waals surface area contributed by atoms with E-state index in [9.17, 15) is 14.4 Å². The van der Waals surface area contributed by atoms with Gasteiger partial charge in [0, 0.05) is 31.5 Å². The molecule has 3 amide bonds. The summed E-state index contributed by atoms with van der Waals surface area (Å²) in [7, 11) is 0. The Bertz CT molecular complexity index is 1890. The van der Waals surface area contributed by atoms with Crippen LogP contribution in [0.25, 0.3) is 16.9 Å². The highest BCUT2D eigenvalue weighted by atomic mass is 16.2. The third-order valence-electron chi connectivity index (χ3n) is 8.68. The molecular weight excluding hydrogens is 616 g/mol. The number of carbonyl (C=O) groups is 3. The highest BCUT2D eigenvalue weighted by Crippen LogP contribution is 2.24. The van der Waals surface area contributed by atoms with E-state index in [-0.39, 0.29) is 30.1 Å². The van der Waals surface area contributed by atoms with Gasteiger partial charge in [-0.05, 0) is 43.0 Å². The van der Waals surface area contributed by atoms with Gasteiger partial charge >= 0.3 is 0 Å². The van der Waals surface area contributed by atoms with E-state index in [1.165, 1.54) is 0 Å². The molecule has 0 saturated carbocycles. The fraction of sp³-hybridized carbons (Fsp3) is 0.316. The molecule has 11 heteroatoms. The van der Waals surface area contributed by atoms with Gasteiger partial charge in [-0.3, -0.25) is 14.4 Å². The summed E-state index contributed by atoms with van der Waals surface area (Å²) in [4.78, 5) is 48.1. The minimum atomic E-state index is -0.786. The van der Waals surface area contributed by atoms with E-state index < -0.39 is 12.1 Å². The summed E-state index contributed by atoms with van der Waals surface area (Å²) in [5.41, 5.74) is 3.71. The molecule has 3 aromatic carbocycles. The first kappa shape index (κ1) is 33.3. The van der Waals surface area contributed by atoms with Gasteiger partial charge in [0.2, 0.25) is 11.8 Å². The Kier molecular flexibility index (Phi) is 10.3. The lowest BCUT2D eigenvalue weighted by molar-refractivity contribution is -0.129. The summed E-state index contributed by atoms with van der Waals surface area (Å²) in [5, 5.41) is 15.7. The fourth-order valence-corrected chi connectivity index (χ4v) is 6.15. The van der Waals surface area contributed by atoms with Gasteiger partial charge in [0.15, 0.2) is 0 Å². The lowest BCUT2D eigenvalue weighted by Gasteiger charge is -2.28. The first-order valence-electron chi connectivity index (χ1n) is 16.8. The van der Waals surface area contributed by atoms with Gasteiger partial charge in [-0.2, -0.15) is 10.2 Å². The summed E-state index contributed by atoms with van der Waals surface area (Å²) in [5.74, 6) is 0.417. The maximum Gasteiger partial charge on any atom is 0.272 e. The molecule has 252 valence electrons. The zero-order valence-electron chi connectivity index (χ0n) is 28.1. The quantitative estimate of drug-likeness (QED) is 0.267. The van der Waals surface area contributed by atoms with E-state index in [4.69, 9.17) is 10.1 Å². The van der Waals surface area contributed by atoms with E-state index in [0.29, 0.717) is 55.5 Å². The molecule has 0 unspecified atom stereocenters.